The summed E-state index contributed by atoms with van der Waals surface area (Å²) in [4.78, 5) is 24.6. The molecule has 0 aliphatic heterocycles. The molecule has 3 rings (SSSR count). The average Bonchev–Trinajstić information content (AvgIpc) is 3.25. The molecule has 0 aliphatic rings. The smallest absolute Gasteiger partial charge is 0.349 e. The van der Waals surface area contributed by atoms with E-state index in [2.05, 4.69) is 5.32 Å². The zero-order chi connectivity index (χ0) is 22.6. The fourth-order valence-electron chi connectivity index (χ4n) is 2.92. The maximum Gasteiger partial charge on any atom is 0.349 e. The second-order valence-electron chi connectivity index (χ2n) is 6.82. The Morgan fingerprint density at radius 1 is 1.03 bits per heavy atom. The van der Waals surface area contributed by atoms with Crippen LogP contribution < -0.4 is 9.62 Å². The first-order chi connectivity index (χ1) is 14.7. The van der Waals surface area contributed by atoms with Crippen molar-refractivity contribution in [3.8, 4) is 0 Å². The molecule has 0 saturated carbocycles. The van der Waals surface area contributed by atoms with Crippen molar-refractivity contribution in [1.29, 1.82) is 0 Å². The Kier molecular flexibility index (Phi) is 6.77. The van der Waals surface area contributed by atoms with E-state index in [9.17, 15) is 18.0 Å². The average molecular weight is 459 g/mol. The van der Waals surface area contributed by atoms with Crippen LogP contribution in [0.25, 0.3) is 0 Å². The van der Waals surface area contributed by atoms with Gasteiger partial charge in [-0.1, -0.05) is 35.9 Å². The highest BCUT2D eigenvalue weighted by Gasteiger charge is 2.32. The molecule has 0 atom stereocenters. The molecule has 1 heterocycles. The van der Waals surface area contributed by atoms with Crippen molar-refractivity contribution in [3.63, 3.8) is 0 Å². The number of rotatable bonds is 7. The lowest BCUT2D eigenvalue weighted by molar-refractivity contribution is -0.114. The van der Waals surface area contributed by atoms with Crippen LogP contribution in [0.2, 0.25) is 0 Å². The van der Waals surface area contributed by atoms with Crippen molar-refractivity contribution in [2.45, 2.75) is 18.7 Å². The number of nitrogens with zero attached hydrogens (tertiary/aromatic N) is 1. The Hall–Kier alpha value is -3.17. The Morgan fingerprint density at radius 2 is 1.71 bits per heavy atom. The van der Waals surface area contributed by atoms with Gasteiger partial charge >= 0.3 is 5.97 Å². The summed E-state index contributed by atoms with van der Waals surface area (Å²) in [6.45, 7) is 3.26. The number of ether oxygens (including phenoxy) is 1. The van der Waals surface area contributed by atoms with Crippen LogP contribution in [0, 0.1) is 13.8 Å². The fourth-order valence-corrected chi connectivity index (χ4v) is 5.65. The highest BCUT2D eigenvalue weighted by molar-refractivity contribution is 7.93. The number of amides is 1. The molecule has 0 radical (unpaired) electrons. The number of methoxy groups -OCH3 is 1. The van der Waals surface area contributed by atoms with E-state index in [-0.39, 0.29) is 9.77 Å². The van der Waals surface area contributed by atoms with Gasteiger partial charge in [0.15, 0.2) is 0 Å². The van der Waals surface area contributed by atoms with Crippen molar-refractivity contribution in [2.24, 2.45) is 0 Å². The standard InChI is InChI=1S/C22H22N2O5S2/c1-15-8-10-17(11-9-15)24(14-20(25)23-18-7-5-4-6-16(18)2)31(27,28)19-12-13-30-21(19)22(26)29-3/h4-13H,14H2,1-3H3,(H,23,25). The topological polar surface area (TPSA) is 92.8 Å². The third-order valence-electron chi connectivity index (χ3n) is 4.60. The van der Waals surface area contributed by atoms with Crippen LogP contribution in [0.4, 0.5) is 11.4 Å². The molecule has 1 aromatic heterocycles. The molecule has 1 amide bonds. The van der Waals surface area contributed by atoms with Gasteiger partial charge in [-0.05, 0) is 49.1 Å². The second kappa shape index (κ2) is 9.32. The number of benzene rings is 2. The van der Waals surface area contributed by atoms with Crippen LogP contribution in [0.5, 0.6) is 0 Å². The van der Waals surface area contributed by atoms with E-state index >= 15 is 0 Å². The maximum absolute atomic E-state index is 13.5. The van der Waals surface area contributed by atoms with Crippen molar-refractivity contribution >= 4 is 44.6 Å². The van der Waals surface area contributed by atoms with Gasteiger partial charge in [-0.2, -0.15) is 0 Å². The fraction of sp³-hybridized carbons (Fsp3) is 0.182. The van der Waals surface area contributed by atoms with E-state index in [0.29, 0.717) is 11.4 Å². The van der Waals surface area contributed by atoms with Crippen molar-refractivity contribution in [1.82, 2.24) is 0 Å². The van der Waals surface area contributed by atoms with Crippen molar-refractivity contribution in [2.75, 3.05) is 23.3 Å². The van der Waals surface area contributed by atoms with E-state index in [1.54, 1.807) is 36.4 Å². The molecule has 31 heavy (non-hydrogen) atoms. The molecule has 1 N–H and O–H groups in total. The van der Waals surface area contributed by atoms with Gasteiger partial charge in [-0.3, -0.25) is 9.10 Å². The Bertz CT molecular complexity index is 1200. The number of sulfonamides is 1. The number of carbonyl (C=O) groups is 2. The largest absolute Gasteiger partial charge is 0.465 e. The van der Waals surface area contributed by atoms with Gasteiger partial charge in [0.25, 0.3) is 10.0 Å². The number of hydrogen-bond donors (Lipinski definition) is 1. The predicted molar refractivity (Wildman–Crippen MR) is 121 cm³/mol. The van der Waals surface area contributed by atoms with Crippen molar-refractivity contribution < 1.29 is 22.7 Å². The molecule has 0 saturated heterocycles. The summed E-state index contributed by atoms with van der Waals surface area (Å²) in [5.74, 6) is -1.25. The molecule has 0 unspecified atom stereocenters. The van der Waals surface area contributed by atoms with E-state index in [1.807, 2.05) is 26.0 Å². The summed E-state index contributed by atoms with van der Waals surface area (Å²) in [5, 5.41) is 4.25. The van der Waals surface area contributed by atoms with Crippen LogP contribution in [0.1, 0.15) is 20.8 Å². The summed E-state index contributed by atoms with van der Waals surface area (Å²) < 4.78 is 32.7. The van der Waals surface area contributed by atoms with E-state index in [0.717, 1.165) is 26.8 Å². The summed E-state index contributed by atoms with van der Waals surface area (Å²) in [6.07, 6.45) is 0. The minimum Gasteiger partial charge on any atom is -0.465 e. The molecule has 3 aromatic rings. The first-order valence-electron chi connectivity index (χ1n) is 9.34. The first kappa shape index (κ1) is 22.5. The van der Waals surface area contributed by atoms with Gasteiger partial charge in [0.05, 0.1) is 12.8 Å². The lowest BCUT2D eigenvalue weighted by Crippen LogP contribution is -2.38. The summed E-state index contributed by atoms with van der Waals surface area (Å²) in [6, 6.07) is 15.3. The Labute approximate surface area is 185 Å². The Balaban J connectivity index is 2.00. The number of aryl methyl sites for hydroxylation is 2. The highest BCUT2D eigenvalue weighted by Crippen LogP contribution is 2.29. The van der Waals surface area contributed by atoms with Crippen LogP contribution in [0.3, 0.4) is 0 Å². The van der Waals surface area contributed by atoms with Crippen LogP contribution in [-0.4, -0.2) is 33.9 Å². The van der Waals surface area contributed by atoms with Crippen LogP contribution in [-0.2, 0) is 19.6 Å². The molecule has 7 nitrogen and oxygen atoms in total. The van der Waals surface area contributed by atoms with E-state index in [4.69, 9.17) is 4.74 Å². The number of hydrogen-bond acceptors (Lipinski definition) is 6. The third-order valence-corrected chi connectivity index (χ3v) is 7.44. The molecule has 0 fully saturated rings. The normalized spacial score (nSPS) is 11.1. The molecule has 162 valence electrons. The summed E-state index contributed by atoms with van der Waals surface area (Å²) in [7, 11) is -3.04. The monoisotopic (exact) mass is 458 g/mol. The zero-order valence-electron chi connectivity index (χ0n) is 17.3. The van der Waals surface area contributed by atoms with Gasteiger partial charge < -0.3 is 10.1 Å². The minimum atomic E-state index is -4.22. The molecule has 0 spiro atoms. The van der Waals surface area contributed by atoms with Gasteiger partial charge in [0.1, 0.15) is 16.3 Å². The number of esters is 1. The molecular weight excluding hydrogens is 436 g/mol. The lowest BCUT2D eigenvalue weighted by Gasteiger charge is -2.24. The summed E-state index contributed by atoms with van der Waals surface area (Å²) >= 11 is 0.967. The van der Waals surface area contributed by atoms with Gasteiger partial charge in [0, 0.05) is 5.69 Å². The lowest BCUT2D eigenvalue weighted by atomic mass is 10.2. The zero-order valence-corrected chi connectivity index (χ0v) is 18.9. The van der Waals surface area contributed by atoms with Gasteiger partial charge in [-0.25, -0.2) is 13.2 Å². The van der Waals surface area contributed by atoms with Crippen LogP contribution >= 0.6 is 11.3 Å². The Morgan fingerprint density at radius 3 is 2.35 bits per heavy atom. The number of carbonyl (C=O) groups excluding carboxylic acids is 2. The van der Waals surface area contributed by atoms with Gasteiger partial charge in [-0.15, -0.1) is 11.3 Å². The quantitative estimate of drug-likeness (QED) is 0.541. The maximum atomic E-state index is 13.5. The van der Waals surface area contributed by atoms with Gasteiger partial charge in [0.2, 0.25) is 5.91 Å². The molecule has 9 heteroatoms. The second-order valence-corrected chi connectivity index (χ2v) is 9.56. The van der Waals surface area contributed by atoms with E-state index < -0.39 is 28.4 Å². The third kappa shape index (κ3) is 4.95. The van der Waals surface area contributed by atoms with Crippen molar-refractivity contribution in [3.05, 3.63) is 76.0 Å². The SMILES string of the molecule is COC(=O)c1sccc1S(=O)(=O)N(CC(=O)Nc1ccccc1C)c1ccc(C)cc1. The molecule has 0 aliphatic carbocycles. The highest BCUT2D eigenvalue weighted by atomic mass is 32.2. The molecule has 2 aromatic carbocycles. The number of anilines is 2. The molecular formula is C22H22N2O5S2. The van der Waals surface area contributed by atoms with E-state index in [1.165, 1.54) is 18.6 Å². The number of thiophene rings is 1. The molecule has 0 bridgehead atoms. The number of para-hydroxylation sites is 1. The first-order valence-corrected chi connectivity index (χ1v) is 11.7. The van der Waals surface area contributed by atoms with Crippen LogP contribution in [0.15, 0.2) is 64.9 Å². The predicted octanol–water partition coefficient (Wildman–Crippen LogP) is 3.99. The minimum absolute atomic E-state index is 0.0427. The number of nitrogens with one attached hydrogen (secondary N) is 1. The summed E-state index contributed by atoms with van der Waals surface area (Å²) in [5.41, 5.74) is 2.70.